The Hall–Kier alpha value is -3.27. The van der Waals surface area contributed by atoms with E-state index in [0.717, 1.165) is 4.90 Å². The highest BCUT2D eigenvalue weighted by Crippen LogP contribution is 2.32. The van der Waals surface area contributed by atoms with Crippen molar-refractivity contribution >= 4 is 41.3 Å². The van der Waals surface area contributed by atoms with Gasteiger partial charge in [0.1, 0.15) is 5.92 Å². The third-order valence-electron chi connectivity index (χ3n) is 4.71. The average molecular weight is 477 g/mol. The van der Waals surface area contributed by atoms with Crippen LogP contribution in [0.4, 0.5) is 5.69 Å². The number of amides is 1. The SMILES string of the molecule is CCOC(=O)C1=C(C)NC(C)=C(C(=O)OCC)C1C(=O)OCC(=O)Nc1ccccc1SC. The van der Waals surface area contributed by atoms with Crippen molar-refractivity contribution in [3.63, 3.8) is 0 Å². The summed E-state index contributed by atoms with van der Waals surface area (Å²) in [5.74, 6) is -4.42. The van der Waals surface area contributed by atoms with Gasteiger partial charge in [0.2, 0.25) is 0 Å². The zero-order chi connectivity index (χ0) is 24.5. The number of hydrogen-bond donors (Lipinski definition) is 2. The Labute approximate surface area is 196 Å². The summed E-state index contributed by atoms with van der Waals surface area (Å²) >= 11 is 1.46. The van der Waals surface area contributed by atoms with Crippen LogP contribution in [0.25, 0.3) is 0 Å². The second-order valence-corrected chi connectivity index (χ2v) is 7.78. The number of para-hydroxylation sites is 1. The van der Waals surface area contributed by atoms with Crippen LogP contribution < -0.4 is 10.6 Å². The quantitative estimate of drug-likeness (QED) is 0.315. The van der Waals surface area contributed by atoms with Crippen LogP contribution in [0, 0.1) is 5.92 Å². The van der Waals surface area contributed by atoms with Gasteiger partial charge in [0.15, 0.2) is 6.61 Å². The molecule has 1 aromatic carbocycles. The Morgan fingerprint density at radius 3 is 2.00 bits per heavy atom. The summed E-state index contributed by atoms with van der Waals surface area (Å²) in [6.07, 6.45) is 1.87. The summed E-state index contributed by atoms with van der Waals surface area (Å²) in [6.45, 7) is 5.98. The highest BCUT2D eigenvalue weighted by atomic mass is 32.2. The van der Waals surface area contributed by atoms with Crippen molar-refractivity contribution in [1.82, 2.24) is 5.32 Å². The summed E-state index contributed by atoms with van der Waals surface area (Å²) in [7, 11) is 0. The van der Waals surface area contributed by atoms with Crippen LogP contribution in [-0.2, 0) is 33.4 Å². The lowest BCUT2D eigenvalue weighted by Crippen LogP contribution is -2.39. The van der Waals surface area contributed by atoms with E-state index in [4.69, 9.17) is 14.2 Å². The number of carbonyl (C=O) groups excluding carboxylic acids is 4. The van der Waals surface area contributed by atoms with Gasteiger partial charge in [-0.1, -0.05) is 12.1 Å². The molecule has 1 heterocycles. The fourth-order valence-electron chi connectivity index (χ4n) is 3.34. The number of ether oxygens (including phenoxy) is 3. The molecule has 0 saturated heterocycles. The molecule has 1 aliphatic heterocycles. The van der Waals surface area contributed by atoms with Gasteiger partial charge < -0.3 is 24.8 Å². The Morgan fingerprint density at radius 2 is 1.48 bits per heavy atom. The molecule has 0 radical (unpaired) electrons. The van der Waals surface area contributed by atoms with Gasteiger partial charge in [0.05, 0.1) is 30.0 Å². The van der Waals surface area contributed by atoms with E-state index >= 15 is 0 Å². The van der Waals surface area contributed by atoms with E-state index in [9.17, 15) is 19.2 Å². The summed E-state index contributed by atoms with van der Waals surface area (Å²) in [5.41, 5.74) is 1.14. The van der Waals surface area contributed by atoms with E-state index in [0.29, 0.717) is 17.1 Å². The van der Waals surface area contributed by atoms with Gasteiger partial charge in [-0.25, -0.2) is 9.59 Å². The van der Waals surface area contributed by atoms with Gasteiger partial charge in [-0.3, -0.25) is 9.59 Å². The maximum atomic E-state index is 13.1. The van der Waals surface area contributed by atoms with Crippen LogP contribution in [0.5, 0.6) is 0 Å². The number of allylic oxidation sites excluding steroid dienone is 2. The number of anilines is 1. The number of rotatable bonds is 9. The van der Waals surface area contributed by atoms with Crippen molar-refractivity contribution in [2.24, 2.45) is 5.92 Å². The molecule has 1 aliphatic rings. The fourth-order valence-corrected chi connectivity index (χ4v) is 3.90. The summed E-state index contributed by atoms with van der Waals surface area (Å²) in [5, 5.41) is 5.61. The minimum absolute atomic E-state index is 0.0661. The minimum atomic E-state index is -1.39. The summed E-state index contributed by atoms with van der Waals surface area (Å²) in [4.78, 5) is 51.6. The van der Waals surface area contributed by atoms with Crippen molar-refractivity contribution < 1.29 is 33.4 Å². The normalized spacial score (nSPS) is 13.8. The second kappa shape index (κ2) is 12.1. The van der Waals surface area contributed by atoms with E-state index in [-0.39, 0.29) is 24.4 Å². The lowest BCUT2D eigenvalue weighted by molar-refractivity contribution is -0.153. The molecule has 10 heteroatoms. The first kappa shape index (κ1) is 26.0. The van der Waals surface area contributed by atoms with Crippen molar-refractivity contribution in [3.8, 4) is 0 Å². The maximum Gasteiger partial charge on any atom is 0.337 e. The van der Waals surface area contributed by atoms with Gasteiger partial charge in [0.25, 0.3) is 5.91 Å². The number of hydrogen-bond acceptors (Lipinski definition) is 9. The first-order valence-corrected chi connectivity index (χ1v) is 11.6. The average Bonchev–Trinajstić information content (AvgIpc) is 2.77. The Balaban J connectivity index is 2.27. The standard InChI is InChI=1S/C23H28N2O7S/c1-6-30-21(27)18-13(3)24-14(4)19(22(28)31-7-2)20(18)23(29)32-12-17(26)25-15-10-8-9-11-16(15)33-5/h8-11,20,24H,6-7,12H2,1-5H3,(H,25,26). The third-order valence-corrected chi connectivity index (χ3v) is 5.51. The molecule has 0 unspecified atom stereocenters. The lowest BCUT2D eigenvalue weighted by atomic mass is 9.85. The molecule has 1 aromatic rings. The first-order chi connectivity index (χ1) is 15.7. The highest BCUT2D eigenvalue weighted by Gasteiger charge is 2.42. The van der Waals surface area contributed by atoms with E-state index in [2.05, 4.69) is 10.6 Å². The molecule has 0 bridgehead atoms. The Morgan fingerprint density at radius 1 is 0.939 bits per heavy atom. The number of nitrogens with one attached hydrogen (secondary N) is 2. The van der Waals surface area contributed by atoms with Gasteiger partial charge in [-0.05, 0) is 46.1 Å². The molecular weight excluding hydrogens is 448 g/mol. The van der Waals surface area contributed by atoms with Gasteiger partial charge in [-0.2, -0.15) is 0 Å². The second-order valence-electron chi connectivity index (χ2n) is 6.93. The zero-order valence-corrected chi connectivity index (χ0v) is 20.1. The number of benzene rings is 1. The largest absolute Gasteiger partial charge is 0.463 e. The molecule has 178 valence electrons. The molecule has 2 rings (SSSR count). The molecule has 0 spiro atoms. The molecule has 0 atom stereocenters. The maximum absolute atomic E-state index is 13.1. The third kappa shape index (κ3) is 6.38. The topological polar surface area (TPSA) is 120 Å². The van der Waals surface area contributed by atoms with Crippen LogP contribution in [0.3, 0.4) is 0 Å². The summed E-state index contributed by atoms with van der Waals surface area (Å²) < 4.78 is 15.4. The van der Waals surface area contributed by atoms with Crippen molar-refractivity contribution in [2.75, 3.05) is 31.4 Å². The Kier molecular flexibility index (Phi) is 9.53. The van der Waals surface area contributed by atoms with E-state index < -0.39 is 36.3 Å². The van der Waals surface area contributed by atoms with Gasteiger partial charge in [0, 0.05) is 16.3 Å². The predicted octanol–water partition coefficient (Wildman–Crippen LogP) is 2.78. The van der Waals surface area contributed by atoms with Crippen molar-refractivity contribution in [1.29, 1.82) is 0 Å². The predicted molar refractivity (Wildman–Crippen MR) is 123 cm³/mol. The zero-order valence-electron chi connectivity index (χ0n) is 19.3. The van der Waals surface area contributed by atoms with Gasteiger partial charge >= 0.3 is 17.9 Å². The van der Waals surface area contributed by atoms with Crippen LogP contribution in [0.15, 0.2) is 51.7 Å². The number of thioether (sulfide) groups is 1. The molecule has 0 aromatic heterocycles. The van der Waals surface area contributed by atoms with Crippen molar-refractivity contribution in [2.45, 2.75) is 32.6 Å². The van der Waals surface area contributed by atoms with Crippen molar-refractivity contribution in [3.05, 3.63) is 46.8 Å². The molecule has 2 N–H and O–H groups in total. The first-order valence-electron chi connectivity index (χ1n) is 10.4. The van der Waals surface area contributed by atoms with Crippen LogP contribution in [0.2, 0.25) is 0 Å². The molecule has 33 heavy (non-hydrogen) atoms. The monoisotopic (exact) mass is 476 g/mol. The summed E-state index contributed by atoms with van der Waals surface area (Å²) in [6, 6.07) is 7.19. The fraction of sp³-hybridized carbons (Fsp3) is 0.391. The lowest BCUT2D eigenvalue weighted by Gasteiger charge is -2.28. The van der Waals surface area contributed by atoms with E-state index in [1.165, 1.54) is 11.8 Å². The van der Waals surface area contributed by atoms with E-state index in [1.807, 2.05) is 18.4 Å². The Bertz CT molecular complexity index is 960. The molecule has 0 aliphatic carbocycles. The number of esters is 3. The smallest absolute Gasteiger partial charge is 0.337 e. The minimum Gasteiger partial charge on any atom is -0.463 e. The van der Waals surface area contributed by atoms with Gasteiger partial charge in [-0.15, -0.1) is 11.8 Å². The molecule has 1 amide bonds. The molecule has 0 saturated carbocycles. The molecule has 9 nitrogen and oxygen atoms in total. The number of dihydropyridines is 1. The highest BCUT2D eigenvalue weighted by molar-refractivity contribution is 7.98. The number of carbonyl (C=O) groups is 4. The van der Waals surface area contributed by atoms with Crippen LogP contribution >= 0.6 is 11.8 Å². The van der Waals surface area contributed by atoms with E-state index in [1.54, 1.807) is 39.8 Å². The van der Waals surface area contributed by atoms with Crippen LogP contribution in [0.1, 0.15) is 27.7 Å². The molecule has 0 fully saturated rings. The molecular formula is C23H28N2O7S. The van der Waals surface area contributed by atoms with Crippen LogP contribution in [-0.4, -0.2) is 49.9 Å².